The molecule has 12 nitrogen and oxygen atoms in total. The number of ether oxygens (including phenoxy) is 1. The molecule has 0 bridgehead atoms. The van der Waals surface area contributed by atoms with Crippen molar-refractivity contribution in [2.75, 3.05) is 51.3 Å². The number of carbonyl (C=O) groups excluding carboxylic acids is 2. The zero-order chi connectivity index (χ0) is 34.4. The minimum absolute atomic E-state index is 0.0204. The number of aromatic amines is 1. The van der Waals surface area contributed by atoms with Gasteiger partial charge in [0.2, 0.25) is 0 Å². The van der Waals surface area contributed by atoms with Crippen LogP contribution >= 0.6 is 22.9 Å². The third-order valence-electron chi connectivity index (χ3n) is 9.72. The van der Waals surface area contributed by atoms with Crippen molar-refractivity contribution in [2.45, 2.75) is 31.0 Å². The van der Waals surface area contributed by atoms with Gasteiger partial charge in [0.1, 0.15) is 17.7 Å². The van der Waals surface area contributed by atoms with Crippen LogP contribution in [0.15, 0.2) is 76.5 Å². The predicted molar refractivity (Wildman–Crippen MR) is 189 cm³/mol. The molecule has 6 heterocycles. The number of piperazine rings is 1. The summed E-state index contributed by atoms with van der Waals surface area (Å²) in [6.07, 6.45) is 5.77. The number of aliphatic imine (C=N–C) groups is 1. The molecule has 4 aliphatic rings. The van der Waals surface area contributed by atoms with Crippen molar-refractivity contribution in [3.8, 4) is 11.3 Å². The van der Waals surface area contributed by atoms with Crippen molar-refractivity contribution in [1.82, 2.24) is 35.4 Å². The van der Waals surface area contributed by atoms with Crippen molar-refractivity contribution < 1.29 is 18.7 Å². The Bertz CT molecular complexity index is 1980. The molecule has 50 heavy (non-hydrogen) atoms. The summed E-state index contributed by atoms with van der Waals surface area (Å²) in [4.78, 5) is 50.3. The fourth-order valence-corrected chi connectivity index (χ4v) is 8.08. The highest BCUT2D eigenvalue weighted by atomic mass is 35.5. The molecular formula is C35H35ClFN9O3S. The highest BCUT2D eigenvalue weighted by Gasteiger charge is 2.42. The van der Waals surface area contributed by atoms with Crippen LogP contribution in [0.25, 0.3) is 11.3 Å². The second kappa shape index (κ2) is 13.6. The first kappa shape index (κ1) is 32.6. The van der Waals surface area contributed by atoms with Crippen LogP contribution in [0.3, 0.4) is 0 Å². The minimum Gasteiger partial charge on any atom is -0.466 e. The molecule has 4 aliphatic heterocycles. The normalized spacial score (nSPS) is 22.5. The summed E-state index contributed by atoms with van der Waals surface area (Å²) in [5.41, 5.74) is 4.16. The smallest absolute Gasteiger partial charge is 0.338 e. The molecule has 4 aromatic rings. The Labute approximate surface area is 297 Å². The second-order valence-corrected chi connectivity index (χ2v) is 14.0. The van der Waals surface area contributed by atoms with E-state index in [4.69, 9.17) is 21.3 Å². The number of fused-ring (bicyclic) bond motifs is 1. The number of urea groups is 1. The van der Waals surface area contributed by atoms with E-state index in [1.165, 1.54) is 30.6 Å². The first-order valence-corrected chi connectivity index (χ1v) is 17.8. The summed E-state index contributed by atoms with van der Waals surface area (Å²) in [5, 5.41) is 9.47. The topological polar surface area (TPSA) is 131 Å². The zero-order valence-electron chi connectivity index (χ0n) is 27.2. The van der Waals surface area contributed by atoms with Crippen LogP contribution in [0.5, 0.6) is 0 Å². The van der Waals surface area contributed by atoms with E-state index < -0.39 is 17.8 Å². The summed E-state index contributed by atoms with van der Waals surface area (Å²) in [7, 11) is 1.32. The Balaban J connectivity index is 1.01. The van der Waals surface area contributed by atoms with E-state index in [1.54, 1.807) is 12.3 Å². The van der Waals surface area contributed by atoms with Gasteiger partial charge in [-0.25, -0.2) is 23.9 Å². The van der Waals surface area contributed by atoms with E-state index in [9.17, 15) is 14.0 Å². The SMILES string of the molecule is COC(=O)C1=C(CN2CCN3C(=O)N(c4ccc(-c5cnc(C6CCCN6)[nH]5)cc4)C[C@@H]3C2)NC(c2nccs2)=N[C@H]1c1ccc(F)cc1Cl. The van der Waals surface area contributed by atoms with Crippen molar-refractivity contribution >= 4 is 46.5 Å². The average molecular weight is 716 g/mol. The maximum absolute atomic E-state index is 14.0. The first-order chi connectivity index (χ1) is 24.4. The van der Waals surface area contributed by atoms with Gasteiger partial charge in [0, 0.05) is 66.3 Å². The van der Waals surface area contributed by atoms with Crippen LogP contribution in [0, 0.1) is 5.82 Å². The maximum atomic E-state index is 14.0. The third-order valence-corrected chi connectivity index (χ3v) is 10.8. The Hall–Kier alpha value is -4.63. The standard InChI is InChI=1S/C35H35ClFN9O3S/c1-49-34(47)29-28(42-32(33-39-11-14-50-33)43-30(29)24-9-6-21(37)15-25(24)36)19-44-12-13-45-23(17-44)18-46(35(45)48)22-7-4-20(5-8-22)27-16-40-31(41-27)26-3-2-10-38-26/h4-9,11,14-16,23,26,30,38H,2-3,10,12-13,17-19H2,1H3,(H,40,41)(H,42,43)/t23-,26?,30-/m0/s1. The van der Waals surface area contributed by atoms with E-state index in [1.807, 2.05) is 45.6 Å². The lowest BCUT2D eigenvalue weighted by Crippen LogP contribution is -2.53. The number of nitrogens with one attached hydrogen (secondary N) is 3. The van der Waals surface area contributed by atoms with E-state index in [-0.39, 0.29) is 28.7 Å². The van der Waals surface area contributed by atoms with E-state index in [0.717, 1.165) is 42.2 Å². The molecule has 0 saturated carbocycles. The van der Waals surface area contributed by atoms with Crippen molar-refractivity contribution in [1.29, 1.82) is 0 Å². The van der Waals surface area contributed by atoms with Gasteiger partial charge in [-0.2, -0.15) is 0 Å². The molecule has 258 valence electrons. The molecule has 0 aliphatic carbocycles. The molecular weight excluding hydrogens is 681 g/mol. The maximum Gasteiger partial charge on any atom is 0.338 e. The van der Waals surface area contributed by atoms with Gasteiger partial charge in [0.25, 0.3) is 0 Å². The van der Waals surface area contributed by atoms with Crippen LogP contribution in [0.4, 0.5) is 14.9 Å². The quantitative estimate of drug-likeness (QED) is 0.220. The molecule has 3 atom stereocenters. The number of amidine groups is 1. The third kappa shape index (κ3) is 6.17. The highest BCUT2D eigenvalue weighted by Crippen LogP contribution is 2.37. The molecule has 8 rings (SSSR count). The van der Waals surface area contributed by atoms with Gasteiger partial charge in [0.15, 0.2) is 10.8 Å². The van der Waals surface area contributed by atoms with Crippen molar-refractivity contribution in [3.63, 3.8) is 0 Å². The number of hydrogen-bond acceptors (Lipinski definition) is 10. The number of nitrogens with zero attached hydrogens (tertiary/aromatic N) is 6. The van der Waals surface area contributed by atoms with Gasteiger partial charge >= 0.3 is 12.0 Å². The molecule has 3 saturated heterocycles. The molecule has 3 fully saturated rings. The lowest BCUT2D eigenvalue weighted by molar-refractivity contribution is -0.136. The zero-order valence-corrected chi connectivity index (χ0v) is 28.8. The first-order valence-electron chi connectivity index (χ1n) is 16.6. The summed E-state index contributed by atoms with van der Waals surface area (Å²) in [5.74, 6) is 0.389. The number of methoxy groups -OCH3 is 1. The number of halogens is 2. The fourth-order valence-electron chi connectivity index (χ4n) is 7.22. The van der Waals surface area contributed by atoms with Crippen LogP contribution < -0.4 is 15.5 Å². The number of thiazole rings is 1. The van der Waals surface area contributed by atoms with Gasteiger partial charge in [-0.3, -0.25) is 14.8 Å². The van der Waals surface area contributed by atoms with Crippen LogP contribution in [0.1, 0.15) is 41.3 Å². The van der Waals surface area contributed by atoms with Gasteiger partial charge < -0.3 is 25.3 Å². The summed E-state index contributed by atoms with van der Waals surface area (Å²) < 4.78 is 19.3. The Morgan fingerprint density at radius 1 is 1.14 bits per heavy atom. The number of H-pyrrole nitrogens is 1. The van der Waals surface area contributed by atoms with Crippen molar-refractivity contribution in [3.05, 3.63) is 98.7 Å². The Morgan fingerprint density at radius 2 is 2.00 bits per heavy atom. The number of benzene rings is 2. The summed E-state index contributed by atoms with van der Waals surface area (Å²) >= 11 is 7.92. The molecule has 0 radical (unpaired) electrons. The van der Waals surface area contributed by atoms with Gasteiger partial charge in [-0.05, 0) is 49.2 Å². The van der Waals surface area contributed by atoms with Gasteiger partial charge in [0.05, 0.1) is 36.7 Å². The Morgan fingerprint density at radius 3 is 2.74 bits per heavy atom. The predicted octanol–water partition coefficient (Wildman–Crippen LogP) is 4.89. The molecule has 1 unspecified atom stereocenters. The lowest BCUT2D eigenvalue weighted by Gasteiger charge is -2.38. The fraction of sp³-hybridized carbons (Fsp3) is 0.343. The summed E-state index contributed by atoms with van der Waals surface area (Å²) in [6.45, 7) is 3.63. The summed E-state index contributed by atoms with van der Waals surface area (Å²) in [6, 6.07) is 11.4. The molecule has 2 amide bonds. The monoisotopic (exact) mass is 715 g/mol. The number of amides is 2. The lowest BCUT2D eigenvalue weighted by atomic mass is 9.95. The highest BCUT2D eigenvalue weighted by molar-refractivity contribution is 7.11. The number of esters is 1. The number of hydrogen-bond donors (Lipinski definition) is 3. The van der Waals surface area contributed by atoms with Gasteiger partial charge in [-0.1, -0.05) is 29.8 Å². The largest absolute Gasteiger partial charge is 0.466 e. The van der Waals surface area contributed by atoms with E-state index in [0.29, 0.717) is 54.8 Å². The molecule has 0 spiro atoms. The van der Waals surface area contributed by atoms with Gasteiger partial charge in [-0.15, -0.1) is 11.3 Å². The Kier molecular flexibility index (Phi) is 8.85. The van der Waals surface area contributed by atoms with E-state index in [2.05, 4.69) is 30.5 Å². The molecule has 3 N–H and O–H groups in total. The van der Waals surface area contributed by atoms with Crippen LogP contribution in [-0.2, 0) is 9.53 Å². The van der Waals surface area contributed by atoms with E-state index >= 15 is 0 Å². The number of anilines is 1. The molecule has 15 heteroatoms. The number of imidazole rings is 1. The van der Waals surface area contributed by atoms with Crippen molar-refractivity contribution in [2.24, 2.45) is 4.99 Å². The number of carbonyl (C=O) groups is 2. The average Bonchev–Trinajstić information content (AvgIpc) is 3.96. The van der Waals surface area contributed by atoms with Crippen LogP contribution in [-0.4, -0.2) is 95.0 Å². The molecule has 2 aromatic carbocycles. The van der Waals surface area contributed by atoms with Crippen LogP contribution in [0.2, 0.25) is 5.02 Å². The second-order valence-electron chi connectivity index (χ2n) is 12.7. The number of rotatable bonds is 8. The minimum atomic E-state index is -0.841. The molecule has 2 aromatic heterocycles. The number of aromatic nitrogens is 3.